The normalized spacial score (nSPS) is 23.1. The first-order valence-electron chi connectivity index (χ1n) is 6.00. The lowest BCUT2D eigenvalue weighted by atomic mass is 9.74. The fraction of sp³-hybridized carbons (Fsp3) is 0.583. The Labute approximate surface area is 120 Å². The molecule has 1 atom stereocenters. The molecule has 0 aromatic carbocycles. The zero-order valence-electron chi connectivity index (χ0n) is 11.7. The summed E-state index contributed by atoms with van der Waals surface area (Å²) in [7, 11) is -4.65. The molecule has 0 saturated carbocycles. The third kappa shape index (κ3) is 3.22. The van der Waals surface area contributed by atoms with Crippen molar-refractivity contribution in [1.82, 2.24) is 0 Å². The number of allylic oxidation sites excluding steroid dienone is 3. The van der Waals surface area contributed by atoms with E-state index in [4.69, 9.17) is 0 Å². The first-order chi connectivity index (χ1) is 9.49. The standard InChI is InChI=1S/C12H15F3O5S/c1-4-11(2)8(10(16)19-3)6-5-7-9(11)20-21(17,18)12(13,14)15/h6-7H,4-5H2,1-3H3. The fourth-order valence-corrected chi connectivity index (χ4v) is 2.52. The van der Waals surface area contributed by atoms with E-state index in [1.807, 2.05) is 0 Å². The van der Waals surface area contributed by atoms with E-state index in [2.05, 4.69) is 8.92 Å². The molecule has 0 heterocycles. The maximum absolute atomic E-state index is 12.4. The average molecular weight is 328 g/mol. The van der Waals surface area contributed by atoms with Gasteiger partial charge < -0.3 is 8.92 Å². The van der Waals surface area contributed by atoms with Crippen LogP contribution < -0.4 is 0 Å². The highest BCUT2D eigenvalue weighted by Crippen LogP contribution is 2.44. The molecule has 0 aliphatic heterocycles. The predicted octanol–water partition coefficient (Wildman–Crippen LogP) is 2.66. The van der Waals surface area contributed by atoms with Gasteiger partial charge in [-0.3, -0.25) is 0 Å². The molecule has 9 heteroatoms. The molecule has 0 spiro atoms. The van der Waals surface area contributed by atoms with Crippen molar-refractivity contribution in [2.45, 2.75) is 32.2 Å². The van der Waals surface area contributed by atoms with Crippen LogP contribution in [0.5, 0.6) is 0 Å². The molecule has 0 aromatic rings. The highest BCUT2D eigenvalue weighted by molar-refractivity contribution is 7.87. The number of methoxy groups -OCH3 is 1. The molecule has 1 aliphatic carbocycles. The monoisotopic (exact) mass is 328 g/mol. The van der Waals surface area contributed by atoms with Crippen LogP contribution in [-0.2, 0) is 23.8 Å². The second-order valence-electron chi connectivity index (χ2n) is 4.58. The Morgan fingerprint density at radius 2 is 1.95 bits per heavy atom. The molecule has 0 amide bonds. The molecule has 1 aliphatic rings. The third-order valence-corrected chi connectivity index (χ3v) is 4.32. The van der Waals surface area contributed by atoms with Crippen LogP contribution >= 0.6 is 0 Å². The van der Waals surface area contributed by atoms with Crippen LogP contribution in [0.4, 0.5) is 13.2 Å². The number of carbonyl (C=O) groups excluding carboxylic acids is 1. The topological polar surface area (TPSA) is 69.7 Å². The Balaban J connectivity index is 3.21. The molecule has 0 N–H and O–H groups in total. The van der Waals surface area contributed by atoms with E-state index in [0.29, 0.717) is 0 Å². The number of hydrogen-bond acceptors (Lipinski definition) is 5. The van der Waals surface area contributed by atoms with Crippen molar-refractivity contribution >= 4 is 16.1 Å². The van der Waals surface area contributed by atoms with Gasteiger partial charge in [0.15, 0.2) is 0 Å². The van der Waals surface area contributed by atoms with Crippen LogP contribution in [0.15, 0.2) is 23.5 Å². The number of halogens is 3. The predicted molar refractivity (Wildman–Crippen MR) is 67.3 cm³/mol. The van der Waals surface area contributed by atoms with Crippen molar-refractivity contribution < 1.29 is 35.3 Å². The van der Waals surface area contributed by atoms with Crippen molar-refractivity contribution in [1.29, 1.82) is 0 Å². The van der Waals surface area contributed by atoms with Gasteiger partial charge in [0.25, 0.3) is 0 Å². The Morgan fingerprint density at radius 1 is 1.38 bits per heavy atom. The molecule has 0 bridgehead atoms. The van der Waals surface area contributed by atoms with E-state index in [-0.39, 0.29) is 18.4 Å². The van der Waals surface area contributed by atoms with Crippen molar-refractivity contribution in [3.8, 4) is 0 Å². The fourth-order valence-electron chi connectivity index (χ4n) is 1.94. The van der Waals surface area contributed by atoms with Gasteiger partial charge in [-0.1, -0.05) is 13.0 Å². The van der Waals surface area contributed by atoms with Gasteiger partial charge >= 0.3 is 21.6 Å². The van der Waals surface area contributed by atoms with Gasteiger partial charge in [-0.05, 0) is 25.8 Å². The van der Waals surface area contributed by atoms with E-state index >= 15 is 0 Å². The van der Waals surface area contributed by atoms with Gasteiger partial charge in [0.2, 0.25) is 0 Å². The maximum atomic E-state index is 12.4. The summed E-state index contributed by atoms with van der Waals surface area (Å²) in [5, 5.41) is 0. The molecule has 1 rings (SSSR count). The highest BCUT2D eigenvalue weighted by Gasteiger charge is 2.51. The average Bonchev–Trinajstić information content (AvgIpc) is 2.38. The van der Waals surface area contributed by atoms with Crippen LogP contribution in [0.3, 0.4) is 0 Å². The number of esters is 1. The van der Waals surface area contributed by atoms with Crippen molar-refractivity contribution in [2.75, 3.05) is 7.11 Å². The smallest absolute Gasteiger partial charge is 0.466 e. The van der Waals surface area contributed by atoms with Crippen LogP contribution in [0, 0.1) is 5.41 Å². The minimum atomic E-state index is -5.78. The first-order valence-corrected chi connectivity index (χ1v) is 7.40. The molecule has 0 aromatic heterocycles. The first kappa shape index (κ1) is 17.5. The molecular weight excluding hydrogens is 313 g/mol. The summed E-state index contributed by atoms with van der Waals surface area (Å²) >= 11 is 0. The quantitative estimate of drug-likeness (QED) is 0.451. The maximum Gasteiger partial charge on any atom is 0.534 e. The number of ether oxygens (including phenoxy) is 1. The van der Waals surface area contributed by atoms with Crippen LogP contribution in [0.2, 0.25) is 0 Å². The second kappa shape index (κ2) is 5.70. The van der Waals surface area contributed by atoms with Crippen LogP contribution in [-0.4, -0.2) is 27.0 Å². The van der Waals surface area contributed by atoms with Gasteiger partial charge in [0.05, 0.1) is 12.5 Å². The molecule has 21 heavy (non-hydrogen) atoms. The van der Waals surface area contributed by atoms with Gasteiger partial charge in [-0.25, -0.2) is 4.79 Å². The Hall–Kier alpha value is -1.51. The molecular formula is C12H15F3O5S. The lowest BCUT2D eigenvalue weighted by Crippen LogP contribution is -2.34. The van der Waals surface area contributed by atoms with Crippen molar-refractivity contribution in [2.24, 2.45) is 5.41 Å². The number of rotatable bonds is 4. The lowest BCUT2D eigenvalue weighted by molar-refractivity contribution is -0.137. The molecule has 0 radical (unpaired) electrons. The Kier molecular flexibility index (Phi) is 4.76. The minimum Gasteiger partial charge on any atom is -0.466 e. The van der Waals surface area contributed by atoms with Crippen LogP contribution in [0.1, 0.15) is 26.7 Å². The minimum absolute atomic E-state index is 0.0716. The Bertz CT molecular complexity index is 589. The van der Waals surface area contributed by atoms with E-state index in [9.17, 15) is 26.4 Å². The SMILES string of the molecule is CCC1(C)C(OS(=O)(=O)C(F)(F)F)=CCC=C1C(=O)OC. The summed E-state index contributed by atoms with van der Waals surface area (Å²) in [5.74, 6) is -1.16. The summed E-state index contributed by atoms with van der Waals surface area (Å²) in [6, 6.07) is 0. The van der Waals surface area contributed by atoms with Crippen LogP contribution in [0.25, 0.3) is 0 Å². The zero-order valence-corrected chi connectivity index (χ0v) is 12.5. The van der Waals surface area contributed by atoms with Gasteiger partial charge in [0, 0.05) is 5.57 Å². The molecule has 0 fully saturated rings. The largest absolute Gasteiger partial charge is 0.534 e. The molecule has 5 nitrogen and oxygen atoms in total. The number of carbonyl (C=O) groups is 1. The molecule has 1 unspecified atom stereocenters. The number of alkyl halides is 3. The van der Waals surface area contributed by atoms with Gasteiger partial charge in [-0.2, -0.15) is 21.6 Å². The van der Waals surface area contributed by atoms with Gasteiger partial charge in [-0.15, -0.1) is 0 Å². The van der Waals surface area contributed by atoms with Crippen molar-refractivity contribution in [3.63, 3.8) is 0 Å². The molecule has 120 valence electrons. The van der Waals surface area contributed by atoms with E-state index in [0.717, 1.165) is 7.11 Å². The van der Waals surface area contributed by atoms with E-state index < -0.39 is 32.8 Å². The van der Waals surface area contributed by atoms with Gasteiger partial charge in [0.1, 0.15) is 5.76 Å². The Morgan fingerprint density at radius 3 is 2.38 bits per heavy atom. The summed E-state index contributed by atoms with van der Waals surface area (Å²) in [4.78, 5) is 11.7. The number of hydrogen-bond donors (Lipinski definition) is 0. The zero-order chi connectivity index (χ0) is 16.5. The molecule has 0 saturated heterocycles. The highest BCUT2D eigenvalue weighted by atomic mass is 32.2. The summed E-state index contributed by atoms with van der Waals surface area (Å²) in [5.41, 5.74) is -6.76. The van der Waals surface area contributed by atoms with E-state index in [1.165, 1.54) is 19.1 Å². The van der Waals surface area contributed by atoms with Crippen molar-refractivity contribution in [3.05, 3.63) is 23.5 Å². The third-order valence-electron chi connectivity index (χ3n) is 3.36. The summed E-state index contributed by atoms with van der Waals surface area (Å²) in [6.45, 7) is 3.02. The summed E-state index contributed by atoms with van der Waals surface area (Å²) in [6.07, 6.45) is 2.91. The summed E-state index contributed by atoms with van der Waals surface area (Å²) < 4.78 is 68.4. The van der Waals surface area contributed by atoms with E-state index in [1.54, 1.807) is 6.92 Å². The second-order valence-corrected chi connectivity index (χ2v) is 6.12. The lowest BCUT2D eigenvalue weighted by Gasteiger charge is -2.33.